The Labute approximate surface area is 210 Å². The largest absolute Gasteiger partial charge is 0.465 e. The van der Waals surface area contributed by atoms with Crippen molar-refractivity contribution < 1.29 is 18.7 Å². The van der Waals surface area contributed by atoms with Crippen molar-refractivity contribution in [2.75, 3.05) is 45.9 Å². The standard InChI is InChI=1S/C28H41N3O4/c1-4-34-28(33)24(3)30(20-19-29-16-9-6-10-17-29)22-27(32)31(21-26-14-13-23(2)35-26)18-15-25-11-7-5-8-12-25/h5,7-8,11-14,24H,4,6,9-10,15-22H2,1-3H3/t24-/m1/s1. The molecule has 2 aromatic rings. The average Bonchev–Trinajstić information content (AvgIpc) is 3.29. The molecular weight excluding hydrogens is 442 g/mol. The number of hydrogen-bond donors (Lipinski definition) is 0. The number of carbonyl (C=O) groups is 2. The van der Waals surface area contributed by atoms with Gasteiger partial charge in [-0.05, 0) is 70.8 Å². The summed E-state index contributed by atoms with van der Waals surface area (Å²) in [4.78, 5) is 32.4. The third-order valence-electron chi connectivity index (χ3n) is 6.67. The van der Waals surface area contributed by atoms with Crippen molar-refractivity contribution in [3.63, 3.8) is 0 Å². The Bertz CT molecular complexity index is 908. The summed E-state index contributed by atoms with van der Waals surface area (Å²) in [5, 5.41) is 0. The number of nitrogens with zero attached hydrogens (tertiary/aromatic N) is 3. The number of esters is 1. The van der Waals surface area contributed by atoms with E-state index < -0.39 is 6.04 Å². The summed E-state index contributed by atoms with van der Waals surface area (Å²) >= 11 is 0. The molecule has 0 saturated carbocycles. The van der Waals surface area contributed by atoms with E-state index in [0.29, 0.717) is 26.2 Å². The van der Waals surface area contributed by atoms with Crippen molar-refractivity contribution in [3.8, 4) is 0 Å². The van der Waals surface area contributed by atoms with Crippen LogP contribution in [0, 0.1) is 6.92 Å². The number of ether oxygens (including phenoxy) is 1. The lowest BCUT2D eigenvalue weighted by molar-refractivity contribution is -0.150. The molecular formula is C28H41N3O4. The van der Waals surface area contributed by atoms with Gasteiger partial charge in [0, 0.05) is 19.6 Å². The van der Waals surface area contributed by atoms with Gasteiger partial charge in [0.2, 0.25) is 5.91 Å². The average molecular weight is 484 g/mol. The molecule has 35 heavy (non-hydrogen) atoms. The summed E-state index contributed by atoms with van der Waals surface area (Å²) < 4.78 is 11.1. The lowest BCUT2D eigenvalue weighted by Crippen LogP contribution is -2.50. The van der Waals surface area contributed by atoms with Gasteiger partial charge in [0.05, 0.1) is 19.7 Å². The maximum absolute atomic E-state index is 13.6. The molecule has 0 bridgehead atoms. The van der Waals surface area contributed by atoms with Gasteiger partial charge in [0.15, 0.2) is 0 Å². The second-order valence-electron chi connectivity index (χ2n) is 9.36. The van der Waals surface area contributed by atoms with Crippen LogP contribution in [0.5, 0.6) is 0 Å². The number of piperidine rings is 1. The Morgan fingerprint density at radius 2 is 1.80 bits per heavy atom. The summed E-state index contributed by atoms with van der Waals surface area (Å²) in [5.74, 6) is 1.30. The van der Waals surface area contributed by atoms with E-state index in [0.717, 1.165) is 37.6 Å². The normalized spacial score (nSPS) is 15.2. The van der Waals surface area contributed by atoms with E-state index in [1.807, 2.05) is 60.9 Å². The molecule has 1 aliphatic rings. The van der Waals surface area contributed by atoms with Crippen molar-refractivity contribution in [1.82, 2.24) is 14.7 Å². The highest BCUT2D eigenvalue weighted by atomic mass is 16.5. The number of likely N-dealkylation sites (tertiary alicyclic amines) is 1. The second-order valence-corrected chi connectivity index (χ2v) is 9.36. The zero-order valence-corrected chi connectivity index (χ0v) is 21.6. The number of aryl methyl sites for hydroxylation is 1. The van der Waals surface area contributed by atoms with Crippen LogP contribution in [0.2, 0.25) is 0 Å². The molecule has 0 unspecified atom stereocenters. The van der Waals surface area contributed by atoms with Crippen molar-refractivity contribution in [2.24, 2.45) is 0 Å². The van der Waals surface area contributed by atoms with Crippen LogP contribution in [-0.2, 0) is 27.3 Å². The van der Waals surface area contributed by atoms with Crippen LogP contribution in [0.25, 0.3) is 0 Å². The Morgan fingerprint density at radius 3 is 2.46 bits per heavy atom. The zero-order valence-electron chi connectivity index (χ0n) is 21.6. The Balaban J connectivity index is 1.70. The molecule has 1 fully saturated rings. The van der Waals surface area contributed by atoms with Crippen LogP contribution in [0.15, 0.2) is 46.9 Å². The van der Waals surface area contributed by atoms with Gasteiger partial charge in [-0.3, -0.25) is 14.5 Å². The van der Waals surface area contributed by atoms with Crippen LogP contribution in [0.1, 0.15) is 50.2 Å². The zero-order chi connectivity index (χ0) is 25.0. The molecule has 3 rings (SSSR count). The van der Waals surface area contributed by atoms with Crippen LogP contribution >= 0.6 is 0 Å². The molecule has 192 valence electrons. The second kappa shape index (κ2) is 14.0. The minimum absolute atomic E-state index is 0.00947. The summed E-state index contributed by atoms with van der Waals surface area (Å²) in [7, 11) is 0. The fraction of sp³-hybridized carbons (Fsp3) is 0.571. The van der Waals surface area contributed by atoms with Crippen LogP contribution < -0.4 is 0 Å². The van der Waals surface area contributed by atoms with Gasteiger partial charge in [-0.25, -0.2) is 0 Å². The van der Waals surface area contributed by atoms with Crippen molar-refractivity contribution in [1.29, 1.82) is 0 Å². The van der Waals surface area contributed by atoms with Crippen LogP contribution in [0.4, 0.5) is 0 Å². The SMILES string of the molecule is CCOC(=O)[C@@H](C)N(CCN1CCCCC1)CC(=O)N(CCc1ccccc1)Cc1ccc(C)o1. The molecule has 1 saturated heterocycles. The first kappa shape index (κ1) is 27.0. The molecule has 1 amide bonds. The lowest BCUT2D eigenvalue weighted by Gasteiger charge is -2.33. The molecule has 0 radical (unpaired) electrons. The summed E-state index contributed by atoms with van der Waals surface area (Å²) in [6, 6.07) is 13.5. The minimum atomic E-state index is -0.481. The molecule has 0 N–H and O–H groups in total. The van der Waals surface area contributed by atoms with Gasteiger partial charge >= 0.3 is 5.97 Å². The first-order chi connectivity index (χ1) is 17.0. The van der Waals surface area contributed by atoms with E-state index in [4.69, 9.17) is 9.15 Å². The monoisotopic (exact) mass is 483 g/mol. The van der Waals surface area contributed by atoms with Gasteiger partial charge in [0.1, 0.15) is 17.6 Å². The highest BCUT2D eigenvalue weighted by molar-refractivity contribution is 5.80. The first-order valence-electron chi connectivity index (χ1n) is 13.0. The highest BCUT2D eigenvalue weighted by Crippen LogP contribution is 2.14. The number of amides is 1. The third-order valence-corrected chi connectivity index (χ3v) is 6.67. The molecule has 1 atom stereocenters. The third kappa shape index (κ3) is 8.82. The summed E-state index contributed by atoms with van der Waals surface area (Å²) in [6.07, 6.45) is 4.46. The fourth-order valence-electron chi connectivity index (χ4n) is 4.51. The number of rotatable bonds is 13. The van der Waals surface area contributed by atoms with Crippen molar-refractivity contribution >= 4 is 11.9 Å². The van der Waals surface area contributed by atoms with Gasteiger partial charge in [-0.2, -0.15) is 0 Å². The Kier molecular flexibility index (Phi) is 10.8. The quantitative estimate of drug-likeness (QED) is 0.403. The smallest absolute Gasteiger partial charge is 0.323 e. The maximum Gasteiger partial charge on any atom is 0.323 e. The molecule has 7 heteroatoms. The molecule has 1 aromatic carbocycles. The van der Waals surface area contributed by atoms with E-state index in [1.54, 1.807) is 0 Å². The van der Waals surface area contributed by atoms with Gasteiger partial charge in [0.25, 0.3) is 0 Å². The predicted molar refractivity (Wildman–Crippen MR) is 137 cm³/mol. The highest BCUT2D eigenvalue weighted by Gasteiger charge is 2.27. The minimum Gasteiger partial charge on any atom is -0.465 e. The number of furan rings is 1. The topological polar surface area (TPSA) is 66.2 Å². The molecule has 2 heterocycles. The van der Waals surface area contributed by atoms with Gasteiger partial charge in [-0.1, -0.05) is 36.8 Å². The lowest BCUT2D eigenvalue weighted by atomic mass is 10.1. The maximum atomic E-state index is 13.6. The number of carbonyl (C=O) groups excluding carboxylic acids is 2. The van der Waals surface area contributed by atoms with Crippen LogP contribution in [0.3, 0.4) is 0 Å². The van der Waals surface area contributed by atoms with Crippen molar-refractivity contribution in [2.45, 2.75) is 59.0 Å². The van der Waals surface area contributed by atoms with Crippen LogP contribution in [-0.4, -0.2) is 78.5 Å². The molecule has 0 spiro atoms. The molecule has 1 aromatic heterocycles. The van der Waals surface area contributed by atoms with E-state index in [1.165, 1.54) is 24.8 Å². The number of hydrogen-bond acceptors (Lipinski definition) is 6. The Hall–Kier alpha value is -2.64. The van der Waals surface area contributed by atoms with E-state index in [2.05, 4.69) is 17.0 Å². The van der Waals surface area contributed by atoms with E-state index >= 15 is 0 Å². The summed E-state index contributed by atoms with van der Waals surface area (Å²) in [6.45, 7) is 10.7. The molecule has 7 nitrogen and oxygen atoms in total. The molecule has 1 aliphatic heterocycles. The van der Waals surface area contributed by atoms with Gasteiger partial charge < -0.3 is 19.0 Å². The predicted octanol–water partition coefficient (Wildman–Crippen LogP) is 3.90. The Morgan fingerprint density at radius 1 is 1.06 bits per heavy atom. The van der Waals surface area contributed by atoms with E-state index in [-0.39, 0.29) is 18.4 Å². The van der Waals surface area contributed by atoms with E-state index in [9.17, 15) is 9.59 Å². The fourth-order valence-corrected chi connectivity index (χ4v) is 4.51. The number of benzene rings is 1. The van der Waals surface area contributed by atoms with Gasteiger partial charge in [-0.15, -0.1) is 0 Å². The summed E-state index contributed by atoms with van der Waals surface area (Å²) in [5.41, 5.74) is 1.18. The first-order valence-corrected chi connectivity index (χ1v) is 13.0. The van der Waals surface area contributed by atoms with Crippen molar-refractivity contribution in [3.05, 3.63) is 59.5 Å². The molecule has 0 aliphatic carbocycles.